The highest BCUT2D eigenvalue weighted by Crippen LogP contribution is 2.67. The first-order valence-electron chi connectivity index (χ1n) is 7.37. The SMILES string of the molecule is CC1(C)C(CNCC(CN)c2ccccc2)C1(C)C. The molecule has 0 aliphatic heterocycles. The molecule has 1 aromatic carbocycles. The number of rotatable bonds is 6. The lowest BCUT2D eigenvalue weighted by molar-refractivity contribution is 0.457. The third-order valence-corrected chi connectivity index (χ3v) is 5.61. The van der Waals surface area contributed by atoms with Gasteiger partial charge in [-0.15, -0.1) is 0 Å². The number of nitrogens with two attached hydrogens (primary N) is 1. The van der Waals surface area contributed by atoms with Crippen LogP contribution < -0.4 is 11.1 Å². The fourth-order valence-electron chi connectivity index (χ4n) is 3.31. The largest absolute Gasteiger partial charge is 0.330 e. The fraction of sp³-hybridized carbons (Fsp3) is 0.647. The molecular weight excluding hydrogens is 232 g/mol. The van der Waals surface area contributed by atoms with Crippen molar-refractivity contribution in [1.82, 2.24) is 5.32 Å². The highest BCUT2D eigenvalue weighted by Gasteiger charge is 2.63. The molecule has 1 unspecified atom stereocenters. The quantitative estimate of drug-likeness (QED) is 0.825. The summed E-state index contributed by atoms with van der Waals surface area (Å²) in [6, 6.07) is 10.6. The van der Waals surface area contributed by atoms with Gasteiger partial charge in [0.25, 0.3) is 0 Å². The topological polar surface area (TPSA) is 38.0 Å². The van der Waals surface area contributed by atoms with Crippen LogP contribution in [0.2, 0.25) is 0 Å². The summed E-state index contributed by atoms with van der Waals surface area (Å²) < 4.78 is 0. The van der Waals surface area contributed by atoms with Crippen molar-refractivity contribution in [3.63, 3.8) is 0 Å². The van der Waals surface area contributed by atoms with E-state index in [2.05, 4.69) is 63.3 Å². The fourth-order valence-corrected chi connectivity index (χ4v) is 3.31. The van der Waals surface area contributed by atoms with Crippen LogP contribution in [-0.2, 0) is 0 Å². The summed E-state index contributed by atoms with van der Waals surface area (Å²) in [5, 5.41) is 3.63. The van der Waals surface area contributed by atoms with Crippen LogP contribution in [0.1, 0.15) is 39.2 Å². The van der Waals surface area contributed by atoms with E-state index < -0.39 is 0 Å². The molecule has 0 amide bonds. The van der Waals surface area contributed by atoms with E-state index in [1.165, 1.54) is 5.56 Å². The van der Waals surface area contributed by atoms with Crippen LogP contribution in [0.5, 0.6) is 0 Å². The molecule has 0 bridgehead atoms. The molecule has 0 saturated heterocycles. The average Bonchev–Trinajstić information content (AvgIpc) is 2.77. The highest BCUT2D eigenvalue weighted by atomic mass is 14.9. The van der Waals surface area contributed by atoms with E-state index in [-0.39, 0.29) is 0 Å². The Kier molecular flexibility index (Phi) is 4.03. The van der Waals surface area contributed by atoms with Gasteiger partial charge in [0.1, 0.15) is 0 Å². The van der Waals surface area contributed by atoms with Crippen LogP contribution in [-0.4, -0.2) is 19.6 Å². The maximum absolute atomic E-state index is 5.90. The summed E-state index contributed by atoms with van der Waals surface area (Å²) in [5.74, 6) is 1.19. The Labute approximate surface area is 117 Å². The number of hydrogen-bond acceptors (Lipinski definition) is 2. The first-order valence-corrected chi connectivity index (χ1v) is 7.37. The van der Waals surface area contributed by atoms with Crippen molar-refractivity contribution in [2.75, 3.05) is 19.6 Å². The van der Waals surface area contributed by atoms with Crippen molar-refractivity contribution < 1.29 is 0 Å². The summed E-state index contributed by atoms with van der Waals surface area (Å²) in [7, 11) is 0. The Morgan fingerprint density at radius 3 is 2.16 bits per heavy atom. The van der Waals surface area contributed by atoms with E-state index in [9.17, 15) is 0 Å². The molecular formula is C17H28N2. The van der Waals surface area contributed by atoms with Crippen LogP contribution >= 0.6 is 0 Å². The molecule has 1 aliphatic rings. The van der Waals surface area contributed by atoms with Crippen LogP contribution in [0.4, 0.5) is 0 Å². The Bertz CT molecular complexity index is 395. The van der Waals surface area contributed by atoms with Crippen molar-refractivity contribution in [3.8, 4) is 0 Å². The number of benzene rings is 1. The van der Waals surface area contributed by atoms with E-state index in [0.29, 0.717) is 23.3 Å². The van der Waals surface area contributed by atoms with Gasteiger partial charge in [0.05, 0.1) is 0 Å². The normalized spacial score (nSPS) is 22.2. The van der Waals surface area contributed by atoms with Gasteiger partial charge < -0.3 is 11.1 Å². The second-order valence-electron chi connectivity index (χ2n) is 7.00. The predicted octanol–water partition coefficient (Wildman–Crippen LogP) is 3.00. The summed E-state index contributed by atoms with van der Waals surface area (Å²) in [4.78, 5) is 0. The standard InChI is InChI=1S/C17H28N2/c1-16(2)15(17(16,3)4)12-19-11-14(10-18)13-8-6-5-7-9-13/h5-9,14-15,19H,10-12,18H2,1-4H3. The molecule has 106 valence electrons. The minimum absolute atomic E-state index is 0.422. The Morgan fingerprint density at radius 2 is 1.68 bits per heavy atom. The molecule has 1 atom stereocenters. The Balaban J connectivity index is 1.83. The van der Waals surface area contributed by atoms with Crippen LogP contribution in [0.15, 0.2) is 30.3 Å². The minimum atomic E-state index is 0.422. The van der Waals surface area contributed by atoms with Crippen molar-refractivity contribution >= 4 is 0 Å². The maximum Gasteiger partial charge on any atom is 0.00863 e. The lowest BCUT2D eigenvalue weighted by Crippen LogP contribution is -2.29. The summed E-state index contributed by atoms with van der Waals surface area (Å²) in [6.45, 7) is 12.3. The van der Waals surface area contributed by atoms with E-state index in [4.69, 9.17) is 5.73 Å². The molecule has 19 heavy (non-hydrogen) atoms. The second-order valence-corrected chi connectivity index (χ2v) is 7.00. The average molecular weight is 260 g/mol. The first kappa shape index (κ1) is 14.5. The van der Waals surface area contributed by atoms with Crippen molar-refractivity contribution in [1.29, 1.82) is 0 Å². The molecule has 0 heterocycles. The number of nitrogens with one attached hydrogen (secondary N) is 1. The van der Waals surface area contributed by atoms with Crippen molar-refractivity contribution in [2.45, 2.75) is 33.6 Å². The molecule has 0 aromatic heterocycles. The third kappa shape index (κ3) is 2.70. The van der Waals surface area contributed by atoms with Gasteiger partial charge in [0.15, 0.2) is 0 Å². The first-order chi connectivity index (χ1) is 8.91. The van der Waals surface area contributed by atoms with Gasteiger partial charge in [-0.3, -0.25) is 0 Å². The molecule has 2 rings (SSSR count). The van der Waals surface area contributed by atoms with Gasteiger partial charge in [-0.1, -0.05) is 58.0 Å². The molecule has 0 spiro atoms. The number of hydrogen-bond donors (Lipinski definition) is 2. The minimum Gasteiger partial charge on any atom is -0.330 e. The molecule has 1 fully saturated rings. The molecule has 1 saturated carbocycles. The van der Waals surface area contributed by atoms with Crippen LogP contribution in [0.25, 0.3) is 0 Å². The highest BCUT2D eigenvalue weighted by molar-refractivity contribution is 5.20. The van der Waals surface area contributed by atoms with Gasteiger partial charge in [-0.2, -0.15) is 0 Å². The van der Waals surface area contributed by atoms with E-state index in [1.54, 1.807) is 0 Å². The van der Waals surface area contributed by atoms with Crippen LogP contribution in [0.3, 0.4) is 0 Å². The monoisotopic (exact) mass is 260 g/mol. The lowest BCUT2D eigenvalue weighted by atomic mass is 9.99. The van der Waals surface area contributed by atoms with E-state index >= 15 is 0 Å². The van der Waals surface area contributed by atoms with Gasteiger partial charge >= 0.3 is 0 Å². The van der Waals surface area contributed by atoms with Crippen molar-refractivity contribution in [3.05, 3.63) is 35.9 Å². The zero-order chi connectivity index (χ0) is 14.1. The molecule has 0 radical (unpaired) electrons. The molecule has 2 nitrogen and oxygen atoms in total. The molecule has 1 aromatic rings. The predicted molar refractivity (Wildman–Crippen MR) is 82.2 cm³/mol. The summed E-state index contributed by atoms with van der Waals surface area (Å²) in [5.41, 5.74) is 8.17. The Morgan fingerprint density at radius 1 is 1.11 bits per heavy atom. The molecule has 3 N–H and O–H groups in total. The summed E-state index contributed by atoms with van der Waals surface area (Å²) >= 11 is 0. The van der Waals surface area contributed by atoms with Crippen LogP contribution in [0, 0.1) is 16.7 Å². The summed E-state index contributed by atoms with van der Waals surface area (Å²) in [6.07, 6.45) is 0. The lowest BCUT2D eigenvalue weighted by Gasteiger charge is -2.16. The van der Waals surface area contributed by atoms with Gasteiger partial charge in [0, 0.05) is 19.0 Å². The van der Waals surface area contributed by atoms with E-state index in [0.717, 1.165) is 19.0 Å². The maximum atomic E-state index is 5.90. The second kappa shape index (κ2) is 5.26. The Hall–Kier alpha value is -0.860. The van der Waals surface area contributed by atoms with Gasteiger partial charge in [-0.25, -0.2) is 0 Å². The molecule has 2 heteroatoms. The van der Waals surface area contributed by atoms with Gasteiger partial charge in [0.2, 0.25) is 0 Å². The van der Waals surface area contributed by atoms with Crippen molar-refractivity contribution in [2.24, 2.45) is 22.5 Å². The zero-order valence-corrected chi connectivity index (χ0v) is 12.7. The smallest absolute Gasteiger partial charge is 0.00863 e. The zero-order valence-electron chi connectivity index (χ0n) is 12.7. The van der Waals surface area contributed by atoms with Gasteiger partial charge in [-0.05, 0) is 28.9 Å². The van der Waals surface area contributed by atoms with E-state index in [1.807, 2.05) is 0 Å². The molecule has 1 aliphatic carbocycles. The third-order valence-electron chi connectivity index (χ3n) is 5.61.